The van der Waals surface area contributed by atoms with Crippen molar-refractivity contribution in [2.45, 2.75) is 13.1 Å². The molecule has 124 valence electrons. The second-order valence-corrected chi connectivity index (χ2v) is 5.84. The average molecular weight is 316 g/mol. The number of imidazole rings is 1. The molecule has 0 saturated carbocycles. The average Bonchev–Trinajstić information content (AvgIpc) is 2.91. The Bertz CT molecular complexity index is 634. The summed E-state index contributed by atoms with van der Waals surface area (Å²) in [7, 11) is 5.91. The number of rotatable bonds is 7. The molecule has 0 saturated heterocycles. The van der Waals surface area contributed by atoms with Crippen LogP contribution >= 0.6 is 0 Å². The first-order valence-corrected chi connectivity index (χ1v) is 7.61. The van der Waals surface area contributed by atoms with E-state index in [1.54, 1.807) is 11.1 Å². The van der Waals surface area contributed by atoms with Gasteiger partial charge in [-0.1, -0.05) is 12.1 Å². The highest BCUT2D eigenvalue weighted by atomic mass is 16.3. The van der Waals surface area contributed by atoms with Gasteiger partial charge >= 0.3 is 0 Å². The number of nitrogens with zero attached hydrogens (tertiary/aromatic N) is 4. The molecule has 1 aromatic heterocycles. The fourth-order valence-electron chi connectivity index (χ4n) is 2.39. The minimum absolute atomic E-state index is 0.0745. The van der Waals surface area contributed by atoms with E-state index in [0.29, 0.717) is 12.1 Å². The zero-order valence-electron chi connectivity index (χ0n) is 13.9. The Balaban J connectivity index is 2.12. The molecule has 0 unspecified atom stereocenters. The van der Waals surface area contributed by atoms with Gasteiger partial charge in [0.25, 0.3) is 5.91 Å². The molecule has 0 bridgehead atoms. The van der Waals surface area contributed by atoms with E-state index in [4.69, 9.17) is 0 Å². The third-order valence-electron chi connectivity index (χ3n) is 3.61. The van der Waals surface area contributed by atoms with Gasteiger partial charge < -0.3 is 19.5 Å². The van der Waals surface area contributed by atoms with Gasteiger partial charge in [0.1, 0.15) is 5.82 Å². The minimum Gasteiger partial charge on any atom is -0.395 e. The molecule has 1 N–H and O–H groups in total. The van der Waals surface area contributed by atoms with Gasteiger partial charge in [-0.15, -0.1) is 0 Å². The Kier molecular flexibility index (Phi) is 5.90. The first-order valence-electron chi connectivity index (χ1n) is 7.61. The highest BCUT2D eigenvalue weighted by Crippen LogP contribution is 2.11. The molecule has 2 rings (SSSR count). The Labute approximate surface area is 137 Å². The molecule has 0 aliphatic heterocycles. The quantitative estimate of drug-likeness (QED) is 0.831. The van der Waals surface area contributed by atoms with Gasteiger partial charge in [-0.2, -0.15) is 0 Å². The molecule has 6 heteroatoms. The molecule has 1 amide bonds. The highest BCUT2D eigenvalue weighted by molar-refractivity contribution is 5.94. The van der Waals surface area contributed by atoms with Crippen molar-refractivity contribution < 1.29 is 9.90 Å². The molecule has 23 heavy (non-hydrogen) atoms. The maximum absolute atomic E-state index is 12.7. The van der Waals surface area contributed by atoms with E-state index >= 15 is 0 Å². The lowest BCUT2D eigenvalue weighted by Gasteiger charge is -2.21. The zero-order valence-corrected chi connectivity index (χ0v) is 13.9. The van der Waals surface area contributed by atoms with Crippen molar-refractivity contribution in [2.24, 2.45) is 7.05 Å². The van der Waals surface area contributed by atoms with Gasteiger partial charge in [0.15, 0.2) is 0 Å². The lowest BCUT2D eigenvalue weighted by Crippen LogP contribution is -2.34. The Morgan fingerprint density at radius 1 is 1.22 bits per heavy atom. The predicted octanol–water partition coefficient (Wildman–Crippen LogP) is 1.12. The van der Waals surface area contributed by atoms with E-state index < -0.39 is 0 Å². The summed E-state index contributed by atoms with van der Waals surface area (Å²) >= 11 is 0. The van der Waals surface area contributed by atoms with E-state index in [9.17, 15) is 9.90 Å². The van der Waals surface area contributed by atoms with Crippen LogP contribution in [0.15, 0.2) is 36.7 Å². The van der Waals surface area contributed by atoms with Crippen molar-refractivity contribution in [3.8, 4) is 0 Å². The van der Waals surface area contributed by atoms with Crippen molar-refractivity contribution in [1.82, 2.24) is 19.4 Å². The molecular weight excluding hydrogens is 292 g/mol. The summed E-state index contributed by atoms with van der Waals surface area (Å²) in [6.07, 6.45) is 3.54. The number of benzene rings is 1. The van der Waals surface area contributed by atoms with E-state index in [0.717, 1.165) is 17.9 Å². The normalized spacial score (nSPS) is 11.0. The number of hydrogen-bond donors (Lipinski definition) is 1. The fraction of sp³-hybridized carbons (Fsp3) is 0.412. The topological polar surface area (TPSA) is 61.6 Å². The summed E-state index contributed by atoms with van der Waals surface area (Å²) in [5.41, 5.74) is 1.78. The van der Waals surface area contributed by atoms with Crippen LogP contribution in [0.2, 0.25) is 0 Å². The molecule has 0 aliphatic carbocycles. The summed E-state index contributed by atoms with van der Waals surface area (Å²) in [4.78, 5) is 20.6. The second kappa shape index (κ2) is 7.89. The SMILES string of the molecule is CN(C)Cc1ccc(C(=O)N(CCO)Cc2nccn2C)cc1. The number of carbonyl (C=O) groups is 1. The number of aromatic nitrogens is 2. The first kappa shape index (κ1) is 17.2. The number of aliphatic hydroxyl groups is 1. The monoisotopic (exact) mass is 316 g/mol. The Morgan fingerprint density at radius 3 is 2.43 bits per heavy atom. The highest BCUT2D eigenvalue weighted by Gasteiger charge is 2.17. The van der Waals surface area contributed by atoms with Crippen LogP contribution in [0.25, 0.3) is 0 Å². The van der Waals surface area contributed by atoms with Crippen LogP contribution in [-0.4, -0.2) is 57.6 Å². The van der Waals surface area contributed by atoms with Crippen LogP contribution in [0.4, 0.5) is 0 Å². The van der Waals surface area contributed by atoms with Gasteiger partial charge in [-0.3, -0.25) is 4.79 Å². The second-order valence-electron chi connectivity index (χ2n) is 5.84. The number of aliphatic hydroxyl groups excluding tert-OH is 1. The lowest BCUT2D eigenvalue weighted by molar-refractivity contribution is 0.0701. The largest absolute Gasteiger partial charge is 0.395 e. The molecule has 1 aromatic carbocycles. The lowest BCUT2D eigenvalue weighted by atomic mass is 10.1. The van der Waals surface area contributed by atoms with Crippen LogP contribution in [0.3, 0.4) is 0 Å². The van der Waals surface area contributed by atoms with E-state index in [2.05, 4.69) is 9.88 Å². The predicted molar refractivity (Wildman–Crippen MR) is 88.9 cm³/mol. The molecule has 6 nitrogen and oxygen atoms in total. The smallest absolute Gasteiger partial charge is 0.254 e. The van der Waals surface area contributed by atoms with Crippen molar-refractivity contribution in [3.05, 3.63) is 53.6 Å². The minimum atomic E-state index is -0.0987. The molecule has 1 heterocycles. The number of amides is 1. The number of aryl methyl sites for hydroxylation is 1. The van der Waals surface area contributed by atoms with Gasteiger partial charge in [-0.25, -0.2) is 4.98 Å². The summed E-state index contributed by atoms with van der Waals surface area (Å²) < 4.78 is 1.87. The van der Waals surface area contributed by atoms with Gasteiger partial charge in [-0.05, 0) is 31.8 Å². The van der Waals surface area contributed by atoms with Crippen molar-refractivity contribution >= 4 is 5.91 Å². The van der Waals surface area contributed by atoms with Gasteiger partial charge in [0.05, 0.1) is 13.2 Å². The van der Waals surface area contributed by atoms with E-state index in [1.165, 1.54) is 0 Å². The molecule has 0 fully saturated rings. The summed E-state index contributed by atoms with van der Waals surface area (Å²) in [5.74, 6) is 0.689. The van der Waals surface area contributed by atoms with E-state index in [1.807, 2.05) is 56.2 Å². The maximum atomic E-state index is 12.7. The van der Waals surface area contributed by atoms with Crippen LogP contribution in [0, 0.1) is 0 Å². The third-order valence-corrected chi connectivity index (χ3v) is 3.61. The molecular formula is C17H24N4O2. The molecule has 2 aromatic rings. The molecule has 0 spiro atoms. The zero-order chi connectivity index (χ0) is 16.8. The first-order chi connectivity index (χ1) is 11.0. The molecule has 0 radical (unpaired) electrons. The molecule has 0 aliphatic rings. The maximum Gasteiger partial charge on any atom is 0.254 e. The van der Waals surface area contributed by atoms with Crippen LogP contribution < -0.4 is 0 Å². The third kappa shape index (κ3) is 4.64. The Hall–Kier alpha value is -2.18. The van der Waals surface area contributed by atoms with Gasteiger partial charge in [0.2, 0.25) is 0 Å². The number of carbonyl (C=O) groups excluding carboxylic acids is 1. The van der Waals surface area contributed by atoms with Crippen LogP contribution in [-0.2, 0) is 20.1 Å². The summed E-state index contributed by atoms with van der Waals surface area (Å²) in [5, 5.41) is 9.25. The van der Waals surface area contributed by atoms with Gasteiger partial charge in [0, 0.05) is 38.1 Å². The fourth-order valence-corrected chi connectivity index (χ4v) is 2.39. The van der Waals surface area contributed by atoms with E-state index in [-0.39, 0.29) is 19.1 Å². The van der Waals surface area contributed by atoms with Crippen molar-refractivity contribution in [3.63, 3.8) is 0 Å². The summed E-state index contributed by atoms with van der Waals surface area (Å²) in [6, 6.07) is 7.60. The standard InChI is InChI=1S/C17H24N4O2/c1-19(2)12-14-4-6-15(7-5-14)17(23)21(10-11-22)13-16-18-8-9-20(16)3/h4-9,22H,10-13H2,1-3H3. The molecule has 0 atom stereocenters. The van der Waals surface area contributed by atoms with Crippen LogP contribution in [0.5, 0.6) is 0 Å². The van der Waals surface area contributed by atoms with Crippen molar-refractivity contribution in [2.75, 3.05) is 27.2 Å². The number of hydrogen-bond acceptors (Lipinski definition) is 4. The van der Waals surface area contributed by atoms with Crippen molar-refractivity contribution in [1.29, 1.82) is 0 Å². The Morgan fingerprint density at radius 2 is 1.91 bits per heavy atom. The summed E-state index contributed by atoms with van der Waals surface area (Å²) in [6.45, 7) is 1.42. The van der Waals surface area contributed by atoms with Crippen LogP contribution in [0.1, 0.15) is 21.7 Å².